The standard InChI is InChI=1S/C17H17/c1-13-4-7-16(8-5-13)9-11-17-10-6-14(2)12-15(17)3/h4-8,10,12-13H,1-3H3. The van der Waals surface area contributed by atoms with Crippen molar-refractivity contribution in [1.29, 1.82) is 0 Å². The first-order chi connectivity index (χ1) is 8.15. The van der Waals surface area contributed by atoms with Gasteiger partial charge in [-0.25, -0.2) is 0 Å². The highest BCUT2D eigenvalue weighted by molar-refractivity contribution is 5.50. The van der Waals surface area contributed by atoms with E-state index in [0.29, 0.717) is 5.92 Å². The van der Waals surface area contributed by atoms with Crippen molar-refractivity contribution in [3.63, 3.8) is 0 Å². The van der Waals surface area contributed by atoms with Crippen LogP contribution >= 0.6 is 0 Å². The molecule has 1 atom stereocenters. The lowest BCUT2D eigenvalue weighted by Gasteiger charge is -2.06. The molecule has 0 heteroatoms. The van der Waals surface area contributed by atoms with E-state index in [1.807, 2.05) is 0 Å². The Morgan fingerprint density at radius 1 is 1.12 bits per heavy atom. The van der Waals surface area contributed by atoms with Crippen molar-refractivity contribution < 1.29 is 0 Å². The van der Waals surface area contributed by atoms with E-state index >= 15 is 0 Å². The lowest BCUT2D eigenvalue weighted by atomic mass is 9.98. The van der Waals surface area contributed by atoms with Gasteiger partial charge < -0.3 is 0 Å². The maximum atomic E-state index is 3.24. The quantitative estimate of drug-likeness (QED) is 0.581. The molecule has 0 fully saturated rings. The lowest BCUT2D eigenvalue weighted by molar-refractivity contribution is 0.874. The van der Waals surface area contributed by atoms with Gasteiger partial charge in [-0.3, -0.25) is 0 Å². The van der Waals surface area contributed by atoms with Gasteiger partial charge in [0.1, 0.15) is 0 Å². The predicted octanol–water partition coefficient (Wildman–Crippen LogP) is 3.99. The fraction of sp³-hybridized carbons (Fsp3) is 0.235. The zero-order valence-electron chi connectivity index (χ0n) is 10.6. The second kappa shape index (κ2) is 5.06. The molecule has 17 heavy (non-hydrogen) atoms. The zero-order chi connectivity index (χ0) is 12.3. The van der Waals surface area contributed by atoms with Crippen molar-refractivity contribution in [2.45, 2.75) is 20.8 Å². The molecule has 2 rings (SSSR count). The van der Waals surface area contributed by atoms with E-state index in [1.54, 1.807) is 0 Å². The van der Waals surface area contributed by atoms with Crippen molar-refractivity contribution in [3.05, 3.63) is 65.1 Å². The van der Waals surface area contributed by atoms with Gasteiger partial charge in [0.15, 0.2) is 0 Å². The molecule has 1 aromatic carbocycles. The third kappa shape index (κ3) is 3.11. The molecule has 1 unspecified atom stereocenters. The van der Waals surface area contributed by atoms with E-state index in [2.05, 4.69) is 75.5 Å². The molecule has 1 aromatic rings. The molecular formula is C17H17. The van der Waals surface area contributed by atoms with Crippen LogP contribution in [0.1, 0.15) is 23.6 Å². The maximum Gasteiger partial charge on any atom is 0.0278 e. The summed E-state index contributed by atoms with van der Waals surface area (Å²) in [6.07, 6.45) is 8.54. The Kier molecular flexibility index (Phi) is 3.49. The van der Waals surface area contributed by atoms with E-state index in [4.69, 9.17) is 0 Å². The number of allylic oxidation sites excluding steroid dienone is 4. The number of hydrogen-bond donors (Lipinski definition) is 0. The summed E-state index contributed by atoms with van der Waals surface area (Å²) in [6.45, 7) is 6.38. The van der Waals surface area contributed by atoms with Gasteiger partial charge in [-0.2, -0.15) is 0 Å². The molecule has 0 aliphatic heterocycles. The molecule has 0 heterocycles. The number of benzene rings is 1. The summed E-state index contributed by atoms with van der Waals surface area (Å²) in [5.41, 5.74) is 4.73. The van der Waals surface area contributed by atoms with Crippen molar-refractivity contribution in [3.8, 4) is 11.8 Å². The first-order valence-corrected chi connectivity index (χ1v) is 5.98. The van der Waals surface area contributed by atoms with Crippen LogP contribution in [0.3, 0.4) is 0 Å². The topological polar surface area (TPSA) is 0 Å². The second-order valence-corrected chi connectivity index (χ2v) is 4.60. The highest BCUT2D eigenvalue weighted by Crippen LogP contribution is 2.14. The van der Waals surface area contributed by atoms with E-state index in [-0.39, 0.29) is 0 Å². The van der Waals surface area contributed by atoms with E-state index in [9.17, 15) is 0 Å². The predicted molar refractivity (Wildman–Crippen MR) is 73.5 cm³/mol. The Morgan fingerprint density at radius 3 is 2.59 bits per heavy atom. The molecule has 85 valence electrons. The molecule has 0 saturated heterocycles. The van der Waals surface area contributed by atoms with Crippen LogP contribution in [0.2, 0.25) is 0 Å². The Labute approximate surface area is 104 Å². The number of hydrogen-bond acceptors (Lipinski definition) is 0. The van der Waals surface area contributed by atoms with Gasteiger partial charge in [0.2, 0.25) is 0 Å². The molecule has 1 radical (unpaired) electrons. The zero-order valence-corrected chi connectivity index (χ0v) is 10.6. The molecule has 0 N–H and O–H groups in total. The summed E-state index contributed by atoms with van der Waals surface area (Å²) in [5.74, 6) is 6.98. The van der Waals surface area contributed by atoms with Crippen LogP contribution in [0.25, 0.3) is 0 Å². The van der Waals surface area contributed by atoms with E-state index < -0.39 is 0 Å². The van der Waals surface area contributed by atoms with E-state index in [1.165, 1.54) is 11.1 Å². The number of aryl methyl sites for hydroxylation is 2. The molecular weight excluding hydrogens is 204 g/mol. The van der Waals surface area contributed by atoms with E-state index in [0.717, 1.165) is 11.1 Å². The average Bonchev–Trinajstić information content (AvgIpc) is 2.30. The Bertz CT molecular complexity index is 533. The number of rotatable bonds is 0. The van der Waals surface area contributed by atoms with Crippen LogP contribution in [0, 0.1) is 38.0 Å². The highest BCUT2D eigenvalue weighted by atomic mass is 14.1. The van der Waals surface area contributed by atoms with Crippen LogP contribution in [-0.4, -0.2) is 0 Å². The fourth-order valence-electron chi connectivity index (χ4n) is 1.81. The summed E-state index contributed by atoms with van der Waals surface area (Å²) in [5, 5.41) is 0. The molecule has 0 amide bonds. The molecule has 1 aliphatic rings. The van der Waals surface area contributed by atoms with Crippen molar-refractivity contribution >= 4 is 0 Å². The highest BCUT2D eigenvalue weighted by Gasteiger charge is 2.01. The van der Waals surface area contributed by atoms with Crippen LogP contribution in [0.4, 0.5) is 0 Å². The smallest absolute Gasteiger partial charge is 0.0278 e. The van der Waals surface area contributed by atoms with Gasteiger partial charge >= 0.3 is 0 Å². The third-order valence-corrected chi connectivity index (χ3v) is 2.88. The van der Waals surface area contributed by atoms with Crippen molar-refractivity contribution in [2.75, 3.05) is 0 Å². The molecule has 0 bridgehead atoms. The third-order valence-electron chi connectivity index (χ3n) is 2.88. The largest absolute Gasteiger partial charge is 0.0799 e. The van der Waals surface area contributed by atoms with Gasteiger partial charge in [-0.15, -0.1) is 0 Å². The van der Waals surface area contributed by atoms with Gasteiger partial charge in [0.05, 0.1) is 0 Å². The van der Waals surface area contributed by atoms with Crippen molar-refractivity contribution in [2.24, 2.45) is 5.92 Å². The minimum atomic E-state index is 0.529. The first-order valence-electron chi connectivity index (χ1n) is 5.98. The maximum absolute atomic E-state index is 3.24. The average molecular weight is 221 g/mol. The molecule has 0 spiro atoms. The Morgan fingerprint density at radius 2 is 1.94 bits per heavy atom. The van der Waals surface area contributed by atoms with Crippen LogP contribution in [0.15, 0.2) is 42.0 Å². The Hall–Kier alpha value is -1.74. The summed E-state index contributed by atoms with van der Waals surface area (Å²) < 4.78 is 0. The lowest BCUT2D eigenvalue weighted by Crippen LogP contribution is -1.94. The summed E-state index contributed by atoms with van der Waals surface area (Å²) in [4.78, 5) is 0. The Balaban J connectivity index is 2.19. The molecule has 0 nitrogen and oxygen atoms in total. The monoisotopic (exact) mass is 221 g/mol. The molecule has 1 aliphatic carbocycles. The normalized spacial score (nSPS) is 18.3. The van der Waals surface area contributed by atoms with Crippen LogP contribution in [0.5, 0.6) is 0 Å². The first kappa shape index (κ1) is 11.7. The van der Waals surface area contributed by atoms with Crippen molar-refractivity contribution in [1.82, 2.24) is 0 Å². The molecule has 0 aromatic heterocycles. The minimum absolute atomic E-state index is 0.529. The molecule has 0 saturated carbocycles. The summed E-state index contributed by atoms with van der Waals surface area (Å²) in [7, 11) is 0. The van der Waals surface area contributed by atoms with Crippen LogP contribution < -0.4 is 0 Å². The summed E-state index contributed by atoms with van der Waals surface area (Å²) >= 11 is 0. The van der Waals surface area contributed by atoms with Crippen LogP contribution in [-0.2, 0) is 0 Å². The second-order valence-electron chi connectivity index (χ2n) is 4.60. The SMILES string of the molecule is Cc1ccc(C#CC2=C[CH]C(C)C=C2)c(C)c1. The fourth-order valence-corrected chi connectivity index (χ4v) is 1.81. The van der Waals surface area contributed by atoms with Gasteiger partial charge in [0, 0.05) is 11.1 Å². The van der Waals surface area contributed by atoms with Gasteiger partial charge in [0.25, 0.3) is 0 Å². The minimum Gasteiger partial charge on any atom is -0.0799 e. The van der Waals surface area contributed by atoms with Gasteiger partial charge in [-0.1, -0.05) is 54.7 Å². The van der Waals surface area contributed by atoms with Gasteiger partial charge in [-0.05, 0) is 37.8 Å². The summed E-state index contributed by atoms with van der Waals surface area (Å²) in [6, 6.07) is 6.37.